The highest BCUT2D eigenvalue weighted by molar-refractivity contribution is 6.30. The van der Waals surface area contributed by atoms with E-state index in [9.17, 15) is 14.7 Å². The number of nitrogens with zero attached hydrogens (tertiary/aromatic N) is 2. The van der Waals surface area contributed by atoms with Gasteiger partial charge in [-0.1, -0.05) is 11.6 Å². The summed E-state index contributed by atoms with van der Waals surface area (Å²) in [6, 6.07) is 5.59. The molecule has 0 spiro atoms. The van der Waals surface area contributed by atoms with Crippen molar-refractivity contribution in [3.05, 3.63) is 59.3 Å². The van der Waals surface area contributed by atoms with Gasteiger partial charge in [-0.15, -0.1) is 0 Å². The van der Waals surface area contributed by atoms with E-state index in [4.69, 9.17) is 11.6 Å². The normalized spacial score (nSPS) is 12.0. The van der Waals surface area contributed by atoms with Crippen molar-refractivity contribution < 1.29 is 14.7 Å². The predicted octanol–water partition coefficient (Wildman–Crippen LogP) is 2.04. The molecule has 122 valence electrons. The summed E-state index contributed by atoms with van der Waals surface area (Å²) in [5.74, 6) is -1.62. The molecule has 3 rings (SSSR count). The molecule has 1 atom stereocenters. The molecular formula is C16H13ClN4O3. The van der Waals surface area contributed by atoms with E-state index in [1.807, 2.05) is 0 Å². The van der Waals surface area contributed by atoms with Crippen molar-refractivity contribution in [3.8, 4) is 0 Å². The number of halogens is 1. The summed E-state index contributed by atoms with van der Waals surface area (Å²) in [5, 5.41) is 12.9. The first kappa shape index (κ1) is 15.9. The first-order valence-corrected chi connectivity index (χ1v) is 7.47. The van der Waals surface area contributed by atoms with Gasteiger partial charge in [-0.3, -0.25) is 9.78 Å². The van der Waals surface area contributed by atoms with E-state index in [0.717, 1.165) is 10.9 Å². The first-order valence-electron chi connectivity index (χ1n) is 7.10. The van der Waals surface area contributed by atoms with Crippen molar-refractivity contribution in [1.82, 2.24) is 20.3 Å². The topological polar surface area (TPSA) is 108 Å². The average molecular weight is 345 g/mol. The number of carboxylic acid groups (broad SMARTS) is 1. The van der Waals surface area contributed by atoms with Gasteiger partial charge in [0.25, 0.3) is 5.91 Å². The number of hydrogen-bond acceptors (Lipinski definition) is 4. The Morgan fingerprint density at radius 2 is 2.04 bits per heavy atom. The lowest BCUT2D eigenvalue weighted by Gasteiger charge is -2.13. The lowest BCUT2D eigenvalue weighted by atomic mass is 10.1. The minimum atomic E-state index is -1.11. The van der Waals surface area contributed by atoms with Crippen LogP contribution in [-0.2, 0) is 11.2 Å². The Hall–Kier alpha value is -2.93. The standard InChI is InChI=1S/C16H13ClN4O3/c17-14-7-10-6-11(20-13(10)8-19-14)15(22)21-12(16(23)24)5-9-1-3-18-4-2-9/h1-4,6-8,12,20H,5H2,(H,21,22)(H,23,24). The number of carboxylic acids is 1. The molecule has 0 aliphatic rings. The largest absolute Gasteiger partial charge is 0.480 e. The van der Waals surface area contributed by atoms with Crippen molar-refractivity contribution in [2.75, 3.05) is 0 Å². The lowest BCUT2D eigenvalue weighted by Crippen LogP contribution is -2.42. The Labute approximate surface area is 141 Å². The fraction of sp³-hybridized carbons (Fsp3) is 0.125. The fourth-order valence-electron chi connectivity index (χ4n) is 2.32. The summed E-state index contributed by atoms with van der Waals surface area (Å²) in [6.45, 7) is 0. The summed E-state index contributed by atoms with van der Waals surface area (Å²) < 4.78 is 0. The molecule has 3 aromatic rings. The summed E-state index contributed by atoms with van der Waals surface area (Å²) in [7, 11) is 0. The number of carbonyl (C=O) groups excluding carboxylic acids is 1. The average Bonchev–Trinajstić information content (AvgIpc) is 2.98. The zero-order chi connectivity index (χ0) is 17.1. The molecule has 0 saturated heterocycles. The molecule has 24 heavy (non-hydrogen) atoms. The van der Waals surface area contributed by atoms with Crippen LogP contribution in [0, 0.1) is 0 Å². The van der Waals surface area contributed by atoms with Crippen molar-refractivity contribution in [1.29, 1.82) is 0 Å². The Bertz CT molecular complexity index is 895. The Morgan fingerprint density at radius 3 is 2.75 bits per heavy atom. The van der Waals surface area contributed by atoms with Gasteiger partial charge in [-0.25, -0.2) is 9.78 Å². The van der Waals surface area contributed by atoms with E-state index in [1.54, 1.807) is 36.7 Å². The second kappa shape index (κ2) is 6.67. The van der Waals surface area contributed by atoms with E-state index < -0.39 is 17.9 Å². The van der Waals surface area contributed by atoms with Gasteiger partial charge in [0.2, 0.25) is 0 Å². The van der Waals surface area contributed by atoms with Gasteiger partial charge in [0.15, 0.2) is 0 Å². The zero-order valence-corrected chi connectivity index (χ0v) is 13.1. The van der Waals surface area contributed by atoms with Crippen LogP contribution in [0.3, 0.4) is 0 Å². The number of pyridine rings is 2. The van der Waals surface area contributed by atoms with Crippen LogP contribution in [0.4, 0.5) is 0 Å². The van der Waals surface area contributed by atoms with Gasteiger partial charge >= 0.3 is 5.97 Å². The number of nitrogens with one attached hydrogen (secondary N) is 2. The van der Waals surface area contributed by atoms with Crippen LogP contribution in [0.1, 0.15) is 16.1 Å². The summed E-state index contributed by atoms with van der Waals surface area (Å²) in [4.78, 5) is 34.5. The summed E-state index contributed by atoms with van der Waals surface area (Å²) in [5.41, 5.74) is 1.66. The van der Waals surface area contributed by atoms with Crippen molar-refractivity contribution in [2.45, 2.75) is 12.5 Å². The minimum Gasteiger partial charge on any atom is -0.480 e. The lowest BCUT2D eigenvalue weighted by molar-refractivity contribution is -0.139. The Morgan fingerprint density at radius 1 is 1.29 bits per heavy atom. The third-order valence-electron chi connectivity index (χ3n) is 3.51. The molecule has 0 saturated carbocycles. The van der Waals surface area contributed by atoms with Gasteiger partial charge in [0.05, 0.1) is 11.7 Å². The smallest absolute Gasteiger partial charge is 0.326 e. The molecule has 8 heteroatoms. The molecule has 0 aliphatic carbocycles. The van der Waals surface area contributed by atoms with E-state index in [2.05, 4.69) is 20.3 Å². The van der Waals surface area contributed by atoms with Crippen LogP contribution in [0.5, 0.6) is 0 Å². The Balaban J connectivity index is 1.78. The molecule has 1 amide bonds. The molecule has 3 aromatic heterocycles. The second-order valence-electron chi connectivity index (χ2n) is 5.20. The highest BCUT2D eigenvalue weighted by atomic mass is 35.5. The van der Waals surface area contributed by atoms with Gasteiger partial charge in [-0.05, 0) is 29.8 Å². The molecule has 0 bridgehead atoms. The maximum atomic E-state index is 12.3. The van der Waals surface area contributed by atoms with Gasteiger partial charge in [-0.2, -0.15) is 0 Å². The summed E-state index contributed by atoms with van der Waals surface area (Å²) >= 11 is 5.82. The SMILES string of the molecule is O=C(NC(Cc1ccncc1)C(=O)O)c1cc2cc(Cl)ncc2[nH]1. The molecule has 1 unspecified atom stereocenters. The number of H-pyrrole nitrogens is 1. The number of aromatic nitrogens is 3. The number of fused-ring (bicyclic) bond motifs is 1. The zero-order valence-electron chi connectivity index (χ0n) is 12.4. The second-order valence-corrected chi connectivity index (χ2v) is 5.59. The first-order chi connectivity index (χ1) is 11.5. The molecule has 3 N–H and O–H groups in total. The van der Waals surface area contributed by atoms with Crippen LogP contribution < -0.4 is 5.32 Å². The number of aromatic amines is 1. The molecule has 0 aromatic carbocycles. The van der Waals surface area contributed by atoms with Gasteiger partial charge in [0.1, 0.15) is 16.9 Å². The minimum absolute atomic E-state index is 0.164. The van der Waals surface area contributed by atoms with E-state index in [1.165, 1.54) is 6.20 Å². The molecule has 3 heterocycles. The molecule has 0 radical (unpaired) electrons. The van der Waals surface area contributed by atoms with Crippen LogP contribution in [-0.4, -0.2) is 38.0 Å². The molecular weight excluding hydrogens is 332 g/mol. The third kappa shape index (κ3) is 3.52. The quantitative estimate of drug-likeness (QED) is 0.614. The van der Waals surface area contributed by atoms with Gasteiger partial charge < -0.3 is 15.4 Å². The van der Waals surface area contributed by atoms with Crippen molar-refractivity contribution >= 4 is 34.4 Å². The van der Waals surface area contributed by atoms with E-state index in [0.29, 0.717) is 10.7 Å². The monoisotopic (exact) mass is 344 g/mol. The highest BCUT2D eigenvalue weighted by Crippen LogP contribution is 2.18. The van der Waals surface area contributed by atoms with Crippen molar-refractivity contribution in [3.63, 3.8) is 0 Å². The fourth-order valence-corrected chi connectivity index (χ4v) is 2.48. The van der Waals surface area contributed by atoms with E-state index in [-0.39, 0.29) is 12.1 Å². The number of rotatable bonds is 5. The van der Waals surface area contributed by atoms with Crippen LogP contribution >= 0.6 is 11.6 Å². The van der Waals surface area contributed by atoms with Gasteiger partial charge in [0, 0.05) is 24.2 Å². The highest BCUT2D eigenvalue weighted by Gasteiger charge is 2.22. The number of amides is 1. The maximum absolute atomic E-state index is 12.3. The number of carbonyl (C=O) groups is 2. The van der Waals surface area contributed by atoms with Crippen LogP contribution in [0.25, 0.3) is 10.9 Å². The maximum Gasteiger partial charge on any atom is 0.326 e. The molecule has 7 nitrogen and oxygen atoms in total. The summed E-state index contributed by atoms with van der Waals surface area (Å²) in [6.07, 6.45) is 4.83. The third-order valence-corrected chi connectivity index (χ3v) is 3.72. The predicted molar refractivity (Wildman–Crippen MR) is 87.9 cm³/mol. The molecule has 0 aliphatic heterocycles. The number of hydrogen-bond donors (Lipinski definition) is 3. The Kier molecular flexibility index (Phi) is 4.43. The molecule has 0 fully saturated rings. The van der Waals surface area contributed by atoms with Crippen molar-refractivity contribution in [2.24, 2.45) is 0 Å². The van der Waals surface area contributed by atoms with E-state index >= 15 is 0 Å². The number of aliphatic carboxylic acids is 1. The van der Waals surface area contributed by atoms with Crippen LogP contribution in [0.15, 0.2) is 42.9 Å². The van der Waals surface area contributed by atoms with Crippen LogP contribution in [0.2, 0.25) is 5.15 Å².